The van der Waals surface area contributed by atoms with Gasteiger partial charge in [0.05, 0.1) is 0 Å². The number of allylic oxidation sites excluding steroid dienone is 1. The average Bonchev–Trinajstić information content (AvgIpc) is 3.43. The third-order valence-corrected chi connectivity index (χ3v) is 10.2. The summed E-state index contributed by atoms with van der Waals surface area (Å²) in [6, 6.07) is 17.8. The summed E-state index contributed by atoms with van der Waals surface area (Å²) in [5, 5.41) is 2.09. The Balaban J connectivity index is 1.24. The zero-order valence-corrected chi connectivity index (χ0v) is 29.7. The Labute approximate surface area is 301 Å². The monoisotopic (exact) mass is 714 g/mol. The van der Waals surface area contributed by atoms with Gasteiger partial charge in [0, 0.05) is 43.4 Å². The minimum Gasteiger partial charge on any atom is -0.448 e. The van der Waals surface area contributed by atoms with Crippen molar-refractivity contribution >= 4 is 41.7 Å². The standard InChI is InChI=1S/C38H42N4O8S/c1-5-18-48-37(47)41-21-24(22-41)20-40-17-16-27(32(40)43)19-28-23-51-34-29(39-36(46)50-38(2,3)4)33(44)42(34)30(28)35(45)49-31(25-12-8-6-9-13-25)26-14-10-7-11-15-26/h5-15,19,24,29,31,34H,1,16-18,20-23H2,2-4H3,(H,39,46)/t29-,34-/m1/s1. The zero-order chi connectivity index (χ0) is 36.3. The van der Waals surface area contributed by atoms with Crippen LogP contribution in [0.5, 0.6) is 0 Å². The molecule has 4 amide bonds. The Morgan fingerprint density at radius 3 is 2.27 bits per heavy atom. The van der Waals surface area contributed by atoms with E-state index in [1.807, 2.05) is 60.7 Å². The van der Waals surface area contributed by atoms with Crippen LogP contribution >= 0.6 is 11.8 Å². The maximum absolute atomic E-state index is 14.3. The van der Waals surface area contributed by atoms with E-state index in [0.717, 1.165) is 11.1 Å². The van der Waals surface area contributed by atoms with Gasteiger partial charge in [-0.3, -0.25) is 14.5 Å². The largest absolute Gasteiger partial charge is 0.448 e. The maximum atomic E-state index is 14.3. The molecule has 0 radical (unpaired) electrons. The number of benzene rings is 2. The molecule has 0 aromatic heterocycles. The lowest BCUT2D eigenvalue weighted by Gasteiger charge is -2.49. The molecule has 0 unspecified atom stereocenters. The quantitative estimate of drug-likeness (QED) is 0.121. The predicted octanol–water partition coefficient (Wildman–Crippen LogP) is 4.79. The molecule has 2 aromatic rings. The van der Waals surface area contributed by atoms with Gasteiger partial charge in [-0.1, -0.05) is 73.3 Å². The number of nitrogens with one attached hydrogen (secondary N) is 1. The summed E-state index contributed by atoms with van der Waals surface area (Å²) in [4.78, 5) is 71.0. The molecule has 1 N–H and O–H groups in total. The van der Waals surface area contributed by atoms with Crippen LogP contribution in [-0.2, 0) is 28.6 Å². The molecule has 4 heterocycles. The van der Waals surface area contributed by atoms with E-state index in [2.05, 4.69) is 11.9 Å². The number of thioether (sulfide) groups is 1. The van der Waals surface area contributed by atoms with Crippen molar-refractivity contribution in [2.75, 3.05) is 38.5 Å². The Hall–Kier alpha value is -5.04. The summed E-state index contributed by atoms with van der Waals surface area (Å²) >= 11 is 1.39. The summed E-state index contributed by atoms with van der Waals surface area (Å²) < 4.78 is 16.7. The number of hydrogen-bond donors (Lipinski definition) is 1. The number of carbonyl (C=O) groups excluding carboxylic acids is 5. The second kappa shape index (κ2) is 15.1. The molecule has 268 valence electrons. The van der Waals surface area contributed by atoms with Gasteiger partial charge in [0.25, 0.3) is 5.91 Å². The van der Waals surface area contributed by atoms with E-state index in [4.69, 9.17) is 14.2 Å². The minimum absolute atomic E-state index is 0.0503. The van der Waals surface area contributed by atoms with Crippen molar-refractivity contribution in [1.82, 2.24) is 20.0 Å². The van der Waals surface area contributed by atoms with Gasteiger partial charge in [0.1, 0.15) is 29.3 Å². The van der Waals surface area contributed by atoms with Gasteiger partial charge >= 0.3 is 18.2 Å². The molecule has 6 rings (SSSR count). The second-order valence-electron chi connectivity index (χ2n) is 13.8. The highest BCUT2D eigenvalue weighted by atomic mass is 32.2. The molecular weight excluding hydrogens is 673 g/mol. The lowest BCUT2D eigenvalue weighted by atomic mass is 9.99. The normalized spacial score (nSPS) is 21.3. The smallest absolute Gasteiger partial charge is 0.410 e. The first-order valence-corrected chi connectivity index (χ1v) is 18.0. The van der Waals surface area contributed by atoms with E-state index in [1.54, 1.807) is 36.6 Å². The number of hydrogen-bond acceptors (Lipinski definition) is 9. The number of esters is 1. The fourth-order valence-electron chi connectivity index (χ4n) is 6.48. The van der Waals surface area contributed by atoms with E-state index in [9.17, 15) is 24.0 Å². The number of nitrogens with zero attached hydrogens (tertiary/aromatic N) is 3. The van der Waals surface area contributed by atoms with Gasteiger partial charge in [0.15, 0.2) is 6.10 Å². The molecule has 12 nitrogen and oxygen atoms in total. The minimum atomic E-state index is -0.902. The molecular formula is C38H42N4O8S. The van der Waals surface area contributed by atoms with Gasteiger partial charge in [-0.05, 0) is 50.0 Å². The summed E-state index contributed by atoms with van der Waals surface area (Å²) in [5.41, 5.74) is 1.82. The van der Waals surface area contributed by atoms with Crippen molar-refractivity contribution in [1.29, 1.82) is 0 Å². The van der Waals surface area contributed by atoms with E-state index < -0.39 is 47.2 Å². The highest BCUT2D eigenvalue weighted by molar-refractivity contribution is 8.00. The van der Waals surface area contributed by atoms with Gasteiger partial charge in [0.2, 0.25) is 5.91 Å². The summed E-state index contributed by atoms with van der Waals surface area (Å²) in [6.07, 6.45) is 1.80. The number of ether oxygens (including phenoxy) is 3. The third-order valence-electron chi connectivity index (χ3n) is 8.87. The first-order valence-electron chi connectivity index (χ1n) is 16.9. The first kappa shape index (κ1) is 35.8. The Kier molecular flexibility index (Phi) is 10.6. The van der Waals surface area contributed by atoms with Crippen molar-refractivity contribution in [3.63, 3.8) is 0 Å². The van der Waals surface area contributed by atoms with E-state index >= 15 is 0 Å². The van der Waals surface area contributed by atoms with Crippen LogP contribution in [0.3, 0.4) is 0 Å². The highest BCUT2D eigenvalue weighted by Gasteiger charge is 2.55. The zero-order valence-electron chi connectivity index (χ0n) is 28.9. The van der Waals surface area contributed by atoms with E-state index in [1.165, 1.54) is 22.7 Å². The molecule has 13 heteroatoms. The van der Waals surface area contributed by atoms with Gasteiger partial charge < -0.3 is 29.3 Å². The van der Waals surface area contributed by atoms with Crippen molar-refractivity contribution in [2.45, 2.75) is 50.3 Å². The van der Waals surface area contributed by atoms with Gasteiger partial charge in [-0.2, -0.15) is 0 Å². The van der Waals surface area contributed by atoms with Gasteiger partial charge in [-0.15, -0.1) is 11.8 Å². The van der Waals surface area contributed by atoms with Crippen molar-refractivity contribution in [3.8, 4) is 0 Å². The molecule has 2 aromatic carbocycles. The Bertz CT molecular complexity index is 1710. The van der Waals surface area contributed by atoms with Crippen LogP contribution in [0.2, 0.25) is 0 Å². The van der Waals surface area contributed by atoms with E-state index in [0.29, 0.717) is 49.5 Å². The molecule has 3 saturated heterocycles. The maximum Gasteiger partial charge on any atom is 0.410 e. The van der Waals surface area contributed by atoms with Crippen molar-refractivity contribution in [3.05, 3.63) is 107 Å². The second-order valence-corrected chi connectivity index (χ2v) is 14.9. The Morgan fingerprint density at radius 2 is 1.67 bits per heavy atom. The molecule has 4 aliphatic heterocycles. The summed E-state index contributed by atoms with van der Waals surface area (Å²) in [7, 11) is 0. The molecule has 3 fully saturated rings. The molecule has 0 aliphatic carbocycles. The lowest BCUT2D eigenvalue weighted by Crippen LogP contribution is -2.70. The van der Waals surface area contributed by atoms with Crippen LogP contribution < -0.4 is 5.32 Å². The number of rotatable bonds is 10. The summed E-state index contributed by atoms with van der Waals surface area (Å²) in [5.74, 6) is -0.915. The van der Waals surface area contributed by atoms with Crippen LogP contribution in [0.25, 0.3) is 0 Å². The predicted molar refractivity (Wildman–Crippen MR) is 190 cm³/mol. The number of carbonyl (C=O) groups is 5. The Morgan fingerprint density at radius 1 is 1.02 bits per heavy atom. The van der Waals surface area contributed by atoms with Crippen LogP contribution in [0.15, 0.2) is 96.2 Å². The third kappa shape index (κ3) is 7.98. The molecule has 0 bridgehead atoms. The molecule has 4 aliphatic rings. The number of β-lactam (4-membered cyclic amide) rings is 1. The number of amides is 4. The highest BCUT2D eigenvalue weighted by Crippen LogP contribution is 2.43. The fraction of sp³-hybridized carbons (Fsp3) is 0.395. The van der Waals surface area contributed by atoms with Crippen LogP contribution in [-0.4, -0.2) is 100 Å². The molecule has 51 heavy (non-hydrogen) atoms. The number of likely N-dealkylation sites (tertiary alicyclic amines) is 2. The number of alkyl carbamates (subject to hydrolysis) is 1. The van der Waals surface area contributed by atoms with Crippen molar-refractivity contribution in [2.24, 2.45) is 5.92 Å². The lowest BCUT2D eigenvalue weighted by molar-refractivity contribution is -0.153. The SMILES string of the molecule is C=CCOC(=O)N1CC(CN2CCC(=CC3=C(C(=O)OC(c4ccccc4)c4ccccc4)N4C(=O)[C@@H](NC(=O)OC(C)(C)C)[C@H]4SC3)C2=O)C1. The molecule has 2 atom stereocenters. The van der Waals surface area contributed by atoms with Crippen LogP contribution in [0.4, 0.5) is 9.59 Å². The fourth-order valence-corrected chi connectivity index (χ4v) is 7.78. The van der Waals surface area contributed by atoms with E-state index in [-0.39, 0.29) is 24.1 Å². The van der Waals surface area contributed by atoms with Crippen LogP contribution in [0.1, 0.15) is 44.4 Å². The summed E-state index contributed by atoms with van der Waals surface area (Å²) in [6.45, 7) is 10.9. The molecule has 0 spiro atoms. The first-order chi connectivity index (χ1) is 24.4. The van der Waals surface area contributed by atoms with Crippen molar-refractivity contribution < 1.29 is 38.2 Å². The average molecular weight is 715 g/mol. The topological polar surface area (TPSA) is 135 Å². The van der Waals surface area contributed by atoms with Crippen LogP contribution in [0, 0.1) is 5.92 Å². The van der Waals surface area contributed by atoms with Gasteiger partial charge in [-0.25, -0.2) is 14.4 Å². The molecule has 0 saturated carbocycles. The number of fused-ring (bicyclic) bond motifs is 1.